The summed E-state index contributed by atoms with van der Waals surface area (Å²) in [4.78, 5) is 0. The molecule has 1 aliphatic rings. The summed E-state index contributed by atoms with van der Waals surface area (Å²) in [5.74, 6) is 0.0581. The largest absolute Gasteiger partial charge is 0.327 e. The Bertz CT molecular complexity index is 498. The molecule has 0 aliphatic heterocycles. The van der Waals surface area contributed by atoms with Gasteiger partial charge >= 0.3 is 0 Å². The van der Waals surface area contributed by atoms with Gasteiger partial charge in [-0.25, -0.2) is 8.42 Å². The number of hydrogen-bond donors (Lipinski definition) is 1. The molecular weight excluding hydrogens is 270 g/mol. The number of nitrogens with two attached hydrogens (primary N) is 1. The average Bonchev–Trinajstić information content (AvgIpc) is 2.32. The van der Waals surface area contributed by atoms with E-state index in [0.29, 0.717) is 11.4 Å². The molecule has 1 aliphatic carbocycles. The van der Waals surface area contributed by atoms with Crippen molar-refractivity contribution in [2.24, 2.45) is 5.73 Å². The lowest BCUT2D eigenvalue weighted by atomic mass is 9.96. The van der Waals surface area contributed by atoms with Crippen molar-refractivity contribution < 1.29 is 8.42 Å². The first kappa shape index (κ1) is 13.8. The van der Waals surface area contributed by atoms with E-state index in [1.807, 2.05) is 0 Å². The van der Waals surface area contributed by atoms with Gasteiger partial charge in [0.05, 0.1) is 11.0 Å². The zero-order chi connectivity index (χ0) is 13.2. The number of sulfone groups is 1. The zero-order valence-electron chi connectivity index (χ0n) is 10.2. The summed E-state index contributed by atoms with van der Waals surface area (Å²) in [6, 6.07) is 6.74. The van der Waals surface area contributed by atoms with E-state index in [9.17, 15) is 8.42 Å². The normalized spacial score (nSPS) is 25.0. The molecule has 1 aromatic rings. The Labute approximate surface area is 113 Å². The zero-order valence-corrected chi connectivity index (χ0v) is 11.8. The third kappa shape index (κ3) is 3.25. The van der Waals surface area contributed by atoms with E-state index in [2.05, 4.69) is 0 Å². The van der Waals surface area contributed by atoms with Crippen LogP contribution in [0.4, 0.5) is 0 Å². The van der Waals surface area contributed by atoms with Crippen LogP contribution in [0.3, 0.4) is 0 Å². The van der Waals surface area contributed by atoms with Crippen LogP contribution >= 0.6 is 11.6 Å². The quantitative estimate of drug-likeness (QED) is 0.929. The average molecular weight is 288 g/mol. The van der Waals surface area contributed by atoms with Crippen molar-refractivity contribution >= 4 is 21.4 Å². The lowest BCUT2D eigenvalue weighted by Crippen LogP contribution is -2.43. The summed E-state index contributed by atoms with van der Waals surface area (Å²) in [5.41, 5.74) is 6.72. The first-order valence-corrected chi connectivity index (χ1v) is 8.30. The third-order valence-corrected chi connectivity index (χ3v) is 5.99. The van der Waals surface area contributed by atoms with E-state index in [1.54, 1.807) is 24.3 Å². The summed E-state index contributed by atoms with van der Waals surface area (Å²) < 4.78 is 24.7. The van der Waals surface area contributed by atoms with Gasteiger partial charge in [0.2, 0.25) is 0 Å². The minimum atomic E-state index is -3.17. The van der Waals surface area contributed by atoms with Crippen molar-refractivity contribution in [1.29, 1.82) is 0 Å². The van der Waals surface area contributed by atoms with Gasteiger partial charge < -0.3 is 5.73 Å². The maximum atomic E-state index is 12.3. The minimum absolute atomic E-state index is 0.0581. The fraction of sp³-hybridized carbons (Fsp3) is 0.538. The van der Waals surface area contributed by atoms with Crippen LogP contribution in [0.1, 0.15) is 31.2 Å². The molecule has 0 spiro atoms. The van der Waals surface area contributed by atoms with Crippen molar-refractivity contribution in [3.8, 4) is 0 Å². The fourth-order valence-electron chi connectivity index (χ4n) is 2.49. The van der Waals surface area contributed by atoms with Gasteiger partial charge in [0.15, 0.2) is 9.84 Å². The van der Waals surface area contributed by atoms with Gasteiger partial charge in [-0.05, 0) is 30.5 Å². The summed E-state index contributed by atoms with van der Waals surface area (Å²) >= 11 is 5.79. The number of halogens is 1. The second-order valence-corrected chi connectivity index (χ2v) is 7.58. The van der Waals surface area contributed by atoms with E-state index in [1.165, 1.54) is 0 Å². The van der Waals surface area contributed by atoms with Crippen LogP contribution in [0.25, 0.3) is 0 Å². The Balaban J connectivity index is 2.13. The number of rotatable bonds is 3. The Morgan fingerprint density at radius 1 is 1.17 bits per heavy atom. The Morgan fingerprint density at radius 3 is 2.39 bits per heavy atom. The molecule has 0 saturated heterocycles. The number of benzene rings is 1. The Morgan fingerprint density at radius 2 is 1.78 bits per heavy atom. The van der Waals surface area contributed by atoms with E-state index in [0.717, 1.165) is 24.8 Å². The molecule has 0 amide bonds. The molecule has 100 valence electrons. The molecule has 0 aromatic heterocycles. The molecule has 2 atom stereocenters. The van der Waals surface area contributed by atoms with Gasteiger partial charge in [-0.15, -0.1) is 0 Å². The summed E-state index contributed by atoms with van der Waals surface area (Å²) in [5, 5.41) is 0.229. The van der Waals surface area contributed by atoms with E-state index < -0.39 is 9.84 Å². The van der Waals surface area contributed by atoms with Crippen LogP contribution in [0.15, 0.2) is 24.3 Å². The minimum Gasteiger partial charge on any atom is -0.327 e. The van der Waals surface area contributed by atoms with Gasteiger partial charge in [-0.1, -0.05) is 36.6 Å². The molecule has 2 unspecified atom stereocenters. The highest BCUT2D eigenvalue weighted by molar-refractivity contribution is 7.91. The highest BCUT2D eigenvalue weighted by Crippen LogP contribution is 2.25. The lowest BCUT2D eigenvalue weighted by molar-refractivity contribution is 0.431. The smallest absolute Gasteiger partial charge is 0.158 e. The van der Waals surface area contributed by atoms with Gasteiger partial charge in [-0.3, -0.25) is 0 Å². The van der Waals surface area contributed by atoms with Crippen molar-refractivity contribution in [2.75, 3.05) is 0 Å². The fourth-order valence-corrected chi connectivity index (χ4v) is 4.68. The van der Waals surface area contributed by atoms with Crippen LogP contribution in [0.5, 0.6) is 0 Å². The van der Waals surface area contributed by atoms with Crippen molar-refractivity contribution in [3.05, 3.63) is 34.9 Å². The molecule has 0 radical (unpaired) electrons. The summed E-state index contributed by atoms with van der Waals surface area (Å²) in [6.07, 6.45) is 3.49. The van der Waals surface area contributed by atoms with Crippen LogP contribution in [0, 0.1) is 0 Å². The topological polar surface area (TPSA) is 60.2 Å². The second-order valence-electron chi connectivity index (χ2n) is 4.92. The van der Waals surface area contributed by atoms with Crippen LogP contribution < -0.4 is 5.73 Å². The highest BCUT2D eigenvalue weighted by atomic mass is 35.5. The van der Waals surface area contributed by atoms with Crippen molar-refractivity contribution in [1.82, 2.24) is 0 Å². The summed E-state index contributed by atoms with van der Waals surface area (Å²) in [7, 11) is -3.17. The highest BCUT2D eigenvalue weighted by Gasteiger charge is 2.33. The molecule has 18 heavy (non-hydrogen) atoms. The molecule has 0 bridgehead atoms. The summed E-state index contributed by atoms with van der Waals surface area (Å²) in [6.45, 7) is 0. The van der Waals surface area contributed by atoms with Crippen molar-refractivity contribution in [2.45, 2.75) is 42.7 Å². The first-order chi connectivity index (χ1) is 8.49. The maximum absolute atomic E-state index is 12.3. The SMILES string of the molecule is NC1CCCCC1S(=O)(=O)Cc1ccc(Cl)cc1. The molecule has 3 nitrogen and oxygen atoms in total. The third-order valence-electron chi connectivity index (χ3n) is 3.50. The Kier molecular flexibility index (Phi) is 4.30. The van der Waals surface area contributed by atoms with Crippen LogP contribution in [-0.2, 0) is 15.6 Å². The molecule has 1 aromatic carbocycles. The van der Waals surface area contributed by atoms with Gasteiger partial charge in [0.1, 0.15) is 0 Å². The van der Waals surface area contributed by atoms with E-state index >= 15 is 0 Å². The first-order valence-electron chi connectivity index (χ1n) is 6.20. The standard InChI is InChI=1S/C13H18ClNO2S/c14-11-7-5-10(6-8-11)9-18(16,17)13-4-2-1-3-12(13)15/h5-8,12-13H,1-4,9,15H2. The van der Waals surface area contributed by atoms with Gasteiger partial charge in [0.25, 0.3) is 0 Å². The predicted molar refractivity (Wildman–Crippen MR) is 74.3 cm³/mol. The molecule has 0 heterocycles. The Hall–Kier alpha value is -0.580. The van der Waals surface area contributed by atoms with Crippen LogP contribution in [-0.4, -0.2) is 19.7 Å². The monoisotopic (exact) mass is 287 g/mol. The van der Waals surface area contributed by atoms with E-state index in [-0.39, 0.29) is 17.0 Å². The molecule has 5 heteroatoms. The number of hydrogen-bond acceptors (Lipinski definition) is 3. The molecule has 1 fully saturated rings. The molecule has 1 saturated carbocycles. The lowest BCUT2D eigenvalue weighted by Gasteiger charge is -2.28. The van der Waals surface area contributed by atoms with Gasteiger partial charge in [0, 0.05) is 11.1 Å². The molecular formula is C13H18ClNO2S. The van der Waals surface area contributed by atoms with Gasteiger partial charge in [-0.2, -0.15) is 0 Å². The van der Waals surface area contributed by atoms with Crippen LogP contribution in [0.2, 0.25) is 5.02 Å². The predicted octanol–water partition coefficient (Wildman–Crippen LogP) is 2.52. The van der Waals surface area contributed by atoms with Crippen molar-refractivity contribution in [3.63, 3.8) is 0 Å². The maximum Gasteiger partial charge on any atom is 0.158 e. The van der Waals surface area contributed by atoms with E-state index in [4.69, 9.17) is 17.3 Å². The molecule has 2 N–H and O–H groups in total. The second kappa shape index (κ2) is 5.59. The molecule has 2 rings (SSSR count).